The van der Waals surface area contributed by atoms with Crippen LogP contribution in [0.4, 0.5) is 18.9 Å². The van der Waals surface area contributed by atoms with E-state index in [1.165, 1.54) is 17.0 Å². The zero-order valence-corrected chi connectivity index (χ0v) is 17.6. The van der Waals surface area contributed by atoms with Crippen LogP contribution >= 0.6 is 0 Å². The third-order valence-electron chi connectivity index (χ3n) is 5.46. The summed E-state index contributed by atoms with van der Waals surface area (Å²) in [6, 6.07) is 4.66. The molecule has 3 rings (SSSR count). The van der Waals surface area contributed by atoms with Crippen LogP contribution in [-0.4, -0.2) is 72.8 Å². The summed E-state index contributed by atoms with van der Waals surface area (Å²) in [5.74, 6) is -1.18. The number of nitrogens with zero attached hydrogens (tertiary/aromatic N) is 3. The number of carbonyl (C=O) groups excluding carboxylic acids is 3. The fraction of sp³-hybridized carbons (Fsp3) is 0.571. The van der Waals surface area contributed by atoms with Crippen molar-refractivity contribution in [2.24, 2.45) is 5.92 Å². The molecule has 2 fully saturated rings. The maximum Gasteiger partial charge on any atom is 0.416 e. The van der Waals surface area contributed by atoms with Crippen LogP contribution < -0.4 is 10.2 Å². The summed E-state index contributed by atoms with van der Waals surface area (Å²) in [5, 5.41) is 2.83. The highest BCUT2D eigenvalue weighted by Crippen LogP contribution is 2.33. The molecular formula is C21H27F3N4O3. The molecular weight excluding hydrogens is 413 g/mol. The summed E-state index contributed by atoms with van der Waals surface area (Å²) in [7, 11) is 0. The lowest BCUT2D eigenvalue weighted by molar-refractivity contribution is -0.138. The van der Waals surface area contributed by atoms with Crippen molar-refractivity contribution in [3.8, 4) is 0 Å². The molecule has 0 spiro atoms. The lowest BCUT2D eigenvalue weighted by atomic mass is 10.1. The molecule has 1 aromatic carbocycles. The molecule has 0 aromatic heterocycles. The highest BCUT2D eigenvalue weighted by molar-refractivity contribution is 6.00. The third kappa shape index (κ3) is 5.75. The fourth-order valence-electron chi connectivity index (χ4n) is 3.93. The quantitative estimate of drug-likeness (QED) is 0.757. The molecule has 10 heteroatoms. The Balaban J connectivity index is 1.56. The van der Waals surface area contributed by atoms with Crippen molar-refractivity contribution in [1.82, 2.24) is 15.1 Å². The van der Waals surface area contributed by atoms with E-state index in [1.807, 2.05) is 18.7 Å². The Bertz CT molecular complexity index is 835. The normalized spacial score (nSPS) is 20.5. The maximum atomic E-state index is 13.0. The van der Waals surface area contributed by atoms with E-state index in [9.17, 15) is 27.6 Å². The summed E-state index contributed by atoms with van der Waals surface area (Å²) < 4.78 is 38.9. The Morgan fingerprint density at radius 1 is 1.16 bits per heavy atom. The van der Waals surface area contributed by atoms with E-state index in [2.05, 4.69) is 5.32 Å². The SMILES string of the molecule is CC(C)NC(=O)CN1CCN(C(=O)C2CC(=O)N(c3cccc(C(F)(F)F)c3)C2)CC1. The largest absolute Gasteiger partial charge is 0.416 e. The number of nitrogens with one attached hydrogen (secondary N) is 1. The van der Waals surface area contributed by atoms with Gasteiger partial charge in [0.1, 0.15) is 0 Å². The lowest BCUT2D eigenvalue weighted by Gasteiger charge is -2.35. The molecule has 2 saturated heterocycles. The topological polar surface area (TPSA) is 73.0 Å². The summed E-state index contributed by atoms with van der Waals surface area (Å²) in [6.07, 6.45) is -4.52. The summed E-state index contributed by atoms with van der Waals surface area (Å²) >= 11 is 0. The third-order valence-corrected chi connectivity index (χ3v) is 5.46. The maximum absolute atomic E-state index is 13.0. The molecule has 170 valence electrons. The van der Waals surface area contributed by atoms with E-state index in [-0.39, 0.29) is 49.0 Å². The Hall–Kier alpha value is -2.62. The average molecular weight is 440 g/mol. The van der Waals surface area contributed by atoms with Gasteiger partial charge in [-0.2, -0.15) is 13.2 Å². The van der Waals surface area contributed by atoms with Crippen LogP contribution in [-0.2, 0) is 20.6 Å². The van der Waals surface area contributed by atoms with Crippen molar-refractivity contribution in [3.63, 3.8) is 0 Å². The number of halogens is 3. The first-order valence-electron chi connectivity index (χ1n) is 10.3. The predicted octanol–water partition coefficient (Wildman–Crippen LogP) is 1.73. The zero-order valence-electron chi connectivity index (χ0n) is 17.6. The highest BCUT2D eigenvalue weighted by Gasteiger charge is 2.39. The van der Waals surface area contributed by atoms with Crippen molar-refractivity contribution in [2.75, 3.05) is 44.2 Å². The highest BCUT2D eigenvalue weighted by atomic mass is 19.4. The lowest BCUT2D eigenvalue weighted by Crippen LogP contribution is -2.52. The second-order valence-electron chi connectivity index (χ2n) is 8.28. The molecule has 3 amide bonds. The van der Waals surface area contributed by atoms with Crippen molar-refractivity contribution >= 4 is 23.4 Å². The first kappa shape index (κ1) is 23.1. The second-order valence-corrected chi connectivity index (χ2v) is 8.28. The standard InChI is InChI=1S/C21H27F3N4O3/c1-14(2)25-18(29)13-26-6-8-27(9-7-26)20(31)15-10-19(30)28(12-15)17-5-3-4-16(11-17)21(22,23)24/h3-5,11,14-15H,6-10,12-13H2,1-2H3,(H,25,29). The van der Waals surface area contributed by atoms with Crippen LogP contribution in [0.5, 0.6) is 0 Å². The van der Waals surface area contributed by atoms with Crippen molar-refractivity contribution < 1.29 is 27.6 Å². The van der Waals surface area contributed by atoms with Gasteiger partial charge in [0, 0.05) is 50.9 Å². The van der Waals surface area contributed by atoms with Gasteiger partial charge in [-0.15, -0.1) is 0 Å². The number of benzene rings is 1. The number of anilines is 1. The van der Waals surface area contributed by atoms with Gasteiger partial charge in [-0.25, -0.2) is 0 Å². The first-order chi connectivity index (χ1) is 14.5. The van der Waals surface area contributed by atoms with Crippen LogP contribution in [0.15, 0.2) is 24.3 Å². The monoisotopic (exact) mass is 440 g/mol. The van der Waals surface area contributed by atoms with Gasteiger partial charge in [0.15, 0.2) is 0 Å². The number of carbonyl (C=O) groups is 3. The van der Waals surface area contributed by atoms with Crippen LogP contribution in [0.2, 0.25) is 0 Å². The van der Waals surface area contributed by atoms with Crippen molar-refractivity contribution in [3.05, 3.63) is 29.8 Å². The van der Waals surface area contributed by atoms with Crippen LogP contribution in [0.25, 0.3) is 0 Å². The molecule has 0 aliphatic carbocycles. The molecule has 7 nitrogen and oxygen atoms in total. The minimum Gasteiger partial charge on any atom is -0.353 e. The van der Waals surface area contributed by atoms with Gasteiger partial charge >= 0.3 is 6.18 Å². The molecule has 1 N–H and O–H groups in total. The van der Waals surface area contributed by atoms with Crippen LogP contribution in [0.1, 0.15) is 25.8 Å². The van der Waals surface area contributed by atoms with Gasteiger partial charge in [0.05, 0.1) is 18.0 Å². The number of alkyl halides is 3. The predicted molar refractivity (Wildman–Crippen MR) is 108 cm³/mol. The van der Waals surface area contributed by atoms with Gasteiger partial charge in [0.25, 0.3) is 0 Å². The summed E-state index contributed by atoms with van der Waals surface area (Å²) in [4.78, 5) is 42.1. The van der Waals surface area contributed by atoms with Gasteiger partial charge in [0.2, 0.25) is 17.7 Å². The van der Waals surface area contributed by atoms with Gasteiger partial charge in [-0.1, -0.05) is 6.07 Å². The summed E-state index contributed by atoms with van der Waals surface area (Å²) in [5.41, 5.74) is -0.679. The fourth-order valence-corrected chi connectivity index (χ4v) is 3.93. The Morgan fingerprint density at radius 3 is 2.45 bits per heavy atom. The Morgan fingerprint density at radius 2 is 1.84 bits per heavy atom. The Kier molecular flexibility index (Phi) is 6.88. The zero-order chi connectivity index (χ0) is 22.8. The molecule has 2 aliphatic rings. The van der Waals surface area contributed by atoms with Crippen LogP contribution in [0.3, 0.4) is 0 Å². The molecule has 2 aliphatic heterocycles. The number of amides is 3. The number of hydrogen-bond donors (Lipinski definition) is 1. The number of piperazine rings is 1. The van der Waals surface area contributed by atoms with E-state index >= 15 is 0 Å². The van der Waals surface area contributed by atoms with E-state index in [1.54, 1.807) is 4.90 Å². The first-order valence-corrected chi connectivity index (χ1v) is 10.3. The molecule has 2 heterocycles. The number of hydrogen-bond acceptors (Lipinski definition) is 4. The van der Waals surface area contributed by atoms with Crippen LogP contribution in [0, 0.1) is 5.92 Å². The molecule has 0 radical (unpaired) electrons. The minimum absolute atomic E-state index is 0.0217. The molecule has 0 bridgehead atoms. The van der Waals surface area contributed by atoms with Crippen molar-refractivity contribution in [1.29, 1.82) is 0 Å². The van der Waals surface area contributed by atoms with E-state index < -0.39 is 17.7 Å². The Labute approximate surface area is 179 Å². The summed E-state index contributed by atoms with van der Waals surface area (Å²) in [6.45, 7) is 6.11. The van der Waals surface area contributed by atoms with E-state index in [0.717, 1.165) is 12.1 Å². The number of rotatable bonds is 5. The second kappa shape index (κ2) is 9.25. The van der Waals surface area contributed by atoms with E-state index in [0.29, 0.717) is 26.2 Å². The minimum atomic E-state index is -4.50. The van der Waals surface area contributed by atoms with Gasteiger partial charge < -0.3 is 15.1 Å². The molecule has 1 unspecified atom stereocenters. The van der Waals surface area contributed by atoms with E-state index in [4.69, 9.17) is 0 Å². The average Bonchev–Trinajstić information content (AvgIpc) is 3.08. The molecule has 1 atom stereocenters. The van der Waals surface area contributed by atoms with Gasteiger partial charge in [-0.3, -0.25) is 19.3 Å². The molecule has 31 heavy (non-hydrogen) atoms. The molecule has 0 saturated carbocycles. The molecule has 1 aromatic rings. The van der Waals surface area contributed by atoms with Gasteiger partial charge in [-0.05, 0) is 32.0 Å². The van der Waals surface area contributed by atoms with Crippen molar-refractivity contribution in [2.45, 2.75) is 32.5 Å². The smallest absolute Gasteiger partial charge is 0.353 e.